The predicted molar refractivity (Wildman–Crippen MR) is 93.2 cm³/mol. The molecule has 128 valence electrons. The van der Waals surface area contributed by atoms with Crippen LogP contribution in [0.1, 0.15) is 37.8 Å². The number of aliphatic imine (C=N–C) groups is 1. The van der Waals surface area contributed by atoms with Gasteiger partial charge in [-0.05, 0) is 37.1 Å². The Morgan fingerprint density at radius 1 is 1.29 bits per heavy atom. The molecular formula is C17H24N6O. The van der Waals surface area contributed by atoms with Crippen LogP contribution in [0.2, 0.25) is 0 Å². The van der Waals surface area contributed by atoms with Gasteiger partial charge in [0, 0.05) is 6.04 Å². The van der Waals surface area contributed by atoms with E-state index in [1.54, 1.807) is 11.8 Å². The highest BCUT2D eigenvalue weighted by molar-refractivity contribution is 5.78. The van der Waals surface area contributed by atoms with Crippen LogP contribution < -0.4 is 15.8 Å². The summed E-state index contributed by atoms with van der Waals surface area (Å²) in [5.74, 6) is 1.30. The summed E-state index contributed by atoms with van der Waals surface area (Å²) in [6.45, 7) is 0.418. The van der Waals surface area contributed by atoms with Crippen molar-refractivity contribution in [2.75, 3.05) is 7.11 Å². The van der Waals surface area contributed by atoms with Crippen molar-refractivity contribution < 1.29 is 4.74 Å². The molecular weight excluding hydrogens is 304 g/mol. The second kappa shape index (κ2) is 7.81. The molecule has 7 nitrogen and oxygen atoms in total. The minimum Gasteiger partial charge on any atom is -0.497 e. The quantitative estimate of drug-likeness (QED) is 0.647. The maximum atomic E-state index is 5.97. The molecule has 1 aromatic heterocycles. The number of hydrogen-bond donors (Lipinski definition) is 2. The molecule has 3 N–H and O–H groups in total. The first-order chi connectivity index (χ1) is 11.7. The van der Waals surface area contributed by atoms with E-state index in [9.17, 15) is 0 Å². The Hall–Kier alpha value is -2.57. The first-order valence-electron chi connectivity index (χ1n) is 8.37. The minimum atomic E-state index is 0.418. The van der Waals surface area contributed by atoms with Crippen molar-refractivity contribution in [2.45, 2.75) is 44.7 Å². The molecule has 1 aliphatic rings. The van der Waals surface area contributed by atoms with Crippen LogP contribution in [0.25, 0.3) is 5.69 Å². The number of rotatable bonds is 5. The first-order valence-corrected chi connectivity index (χ1v) is 8.37. The zero-order chi connectivity index (χ0) is 16.8. The van der Waals surface area contributed by atoms with Crippen molar-refractivity contribution >= 4 is 5.96 Å². The number of nitrogens with two attached hydrogens (primary N) is 1. The van der Waals surface area contributed by atoms with Crippen LogP contribution in [0.15, 0.2) is 35.5 Å². The fraction of sp³-hybridized carbons (Fsp3) is 0.471. The van der Waals surface area contributed by atoms with Gasteiger partial charge in [-0.15, -0.1) is 5.10 Å². The monoisotopic (exact) mass is 328 g/mol. The molecule has 1 saturated carbocycles. The topological polar surface area (TPSA) is 90.3 Å². The highest BCUT2D eigenvalue weighted by atomic mass is 16.5. The summed E-state index contributed by atoms with van der Waals surface area (Å²) < 4.78 is 6.87. The number of ether oxygens (including phenoxy) is 1. The first kappa shape index (κ1) is 16.3. The Labute approximate surface area is 141 Å². The molecule has 0 radical (unpaired) electrons. The molecule has 1 aliphatic carbocycles. The van der Waals surface area contributed by atoms with Gasteiger partial charge in [0.25, 0.3) is 0 Å². The molecule has 0 bridgehead atoms. The standard InChI is InChI=1S/C17H24N6O/c1-24-16-9-7-15(8-10-16)23-12-14(21-22-23)11-19-17(18)20-13-5-3-2-4-6-13/h7-10,12-13H,2-6,11H2,1H3,(H3,18,19,20). The van der Waals surface area contributed by atoms with Crippen molar-refractivity contribution in [3.63, 3.8) is 0 Å². The average molecular weight is 328 g/mol. The number of methoxy groups -OCH3 is 1. The Bertz CT molecular complexity index is 673. The second-order valence-corrected chi connectivity index (χ2v) is 6.03. The fourth-order valence-electron chi connectivity index (χ4n) is 2.90. The van der Waals surface area contributed by atoms with Crippen LogP contribution in [0.4, 0.5) is 0 Å². The van der Waals surface area contributed by atoms with Gasteiger partial charge < -0.3 is 15.8 Å². The van der Waals surface area contributed by atoms with E-state index in [4.69, 9.17) is 10.5 Å². The summed E-state index contributed by atoms with van der Waals surface area (Å²) in [7, 11) is 1.65. The molecule has 1 aromatic carbocycles. The zero-order valence-electron chi connectivity index (χ0n) is 14.0. The lowest BCUT2D eigenvalue weighted by Gasteiger charge is -2.23. The molecule has 3 rings (SSSR count). The lowest BCUT2D eigenvalue weighted by atomic mass is 9.96. The van der Waals surface area contributed by atoms with E-state index in [0.717, 1.165) is 17.1 Å². The van der Waals surface area contributed by atoms with Crippen LogP contribution in [-0.2, 0) is 6.54 Å². The lowest BCUT2D eigenvalue weighted by Crippen LogP contribution is -2.41. The Balaban J connectivity index is 1.57. The van der Waals surface area contributed by atoms with Crippen LogP contribution in [0, 0.1) is 0 Å². The highest BCUT2D eigenvalue weighted by Gasteiger charge is 2.13. The second-order valence-electron chi connectivity index (χ2n) is 6.03. The van der Waals surface area contributed by atoms with Gasteiger partial charge in [-0.3, -0.25) is 0 Å². The Morgan fingerprint density at radius 2 is 2.04 bits per heavy atom. The van der Waals surface area contributed by atoms with Crippen molar-refractivity contribution in [2.24, 2.45) is 10.7 Å². The van der Waals surface area contributed by atoms with Crippen molar-refractivity contribution in [3.8, 4) is 11.4 Å². The predicted octanol–water partition coefficient (Wildman–Crippen LogP) is 2.01. The summed E-state index contributed by atoms with van der Waals surface area (Å²) in [4.78, 5) is 4.37. The molecule has 0 unspecified atom stereocenters. The zero-order valence-corrected chi connectivity index (χ0v) is 14.0. The maximum Gasteiger partial charge on any atom is 0.189 e. The molecule has 0 amide bonds. The van der Waals surface area contributed by atoms with Crippen LogP contribution in [0.3, 0.4) is 0 Å². The van der Waals surface area contributed by atoms with Gasteiger partial charge >= 0.3 is 0 Å². The van der Waals surface area contributed by atoms with E-state index in [1.165, 1.54) is 32.1 Å². The van der Waals surface area contributed by atoms with E-state index >= 15 is 0 Å². The van der Waals surface area contributed by atoms with Crippen molar-refractivity contribution in [1.29, 1.82) is 0 Å². The summed E-state index contributed by atoms with van der Waals surface area (Å²) in [6.07, 6.45) is 8.05. The largest absolute Gasteiger partial charge is 0.497 e. The van der Waals surface area contributed by atoms with E-state index in [2.05, 4.69) is 20.6 Å². The normalized spacial score (nSPS) is 16.1. The van der Waals surface area contributed by atoms with E-state index in [-0.39, 0.29) is 0 Å². The van der Waals surface area contributed by atoms with E-state index < -0.39 is 0 Å². The van der Waals surface area contributed by atoms with Gasteiger partial charge in [-0.1, -0.05) is 24.5 Å². The summed E-state index contributed by atoms with van der Waals surface area (Å²) in [5.41, 5.74) is 7.67. The van der Waals surface area contributed by atoms with Crippen LogP contribution >= 0.6 is 0 Å². The minimum absolute atomic E-state index is 0.418. The highest BCUT2D eigenvalue weighted by Crippen LogP contribution is 2.17. The maximum absolute atomic E-state index is 5.97. The van der Waals surface area contributed by atoms with Crippen molar-refractivity contribution in [1.82, 2.24) is 20.3 Å². The van der Waals surface area contributed by atoms with Gasteiger partial charge in [-0.2, -0.15) is 0 Å². The Morgan fingerprint density at radius 3 is 2.75 bits per heavy atom. The smallest absolute Gasteiger partial charge is 0.189 e. The number of guanidine groups is 1. The van der Waals surface area contributed by atoms with Crippen LogP contribution in [-0.4, -0.2) is 34.1 Å². The average Bonchev–Trinajstić information content (AvgIpc) is 3.10. The molecule has 7 heteroatoms. The molecule has 1 heterocycles. The molecule has 0 spiro atoms. The van der Waals surface area contributed by atoms with Crippen LogP contribution in [0.5, 0.6) is 5.75 Å². The van der Waals surface area contributed by atoms with Gasteiger partial charge in [0.1, 0.15) is 11.4 Å². The molecule has 24 heavy (non-hydrogen) atoms. The third-order valence-corrected chi connectivity index (χ3v) is 4.25. The summed E-state index contributed by atoms with van der Waals surface area (Å²) in [6, 6.07) is 8.10. The van der Waals surface area contributed by atoms with Gasteiger partial charge in [-0.25, -0.2) is 9.67 Å². The third-order valence-electron chi connectivity index (χ3n) is 4.25. The third kappa shape index (κ3) is 4.24. The Kier molecular flexibility index (Phi) is 5.30. The number of aromatic nitrogens is 3. The number of hydrogen-bond acceptors (Lipinski definition) is 4. The summed E-state index contributed by atoms with van der Waals surface area (Å²) >= 11 is 0. The fourth-order valence-corrected chi connectivity index (χ4v) is 2.90. The SMILES string of the molecule is COc1ccc(-n2cc(CN=C(N)NC3CCCCC3)nn2)cc1. The van der Waals surface area contributed by atoms with Gasteiger partial charge in [0.05, 0.1) is 25.5 Å². The van der Waals surface area contributed by atoms with E-state index in [0.29, 0.717) is 18.5 Å². The van der Waals surface area contributed by atoms with E-state index in [1.807, 2.05) is 30.5 Å². The molecule has 0 saturated heterocycles. The molecule has 0 aliphatic heterocycles. The molecule has 2 aromatic rings. The number of benzene rings is 1. The molecule has 1 fully saturated rings. The molecule has 0 atom stereocenters. The van der Waals surface area contributed by atoms with Gasteiger partial charge in [0.15, 0.2) is 5.96 Å². The lowest BCUT2D eigenvalue weighted by molar-refractivity contribution is 0.412. The number of nitrogens with one attached hydrogen (secondary N) is 1. The number of nitrogens with zero attached hydrogens (tertiary/aromatic N) is 4. The summed E-state index contributed by atoms with van der Waals surface area (Å²) in [5, 5.41) is 11.6. The van der Waals surface area contributed by atoms with Crippen molar-refractivity contribution in [3.05, 3.63) is 36.2 Å². The van der Waals surface area contributed by atoms with Gasteiger partial charge in [0.2, 0.25) is 0 Å².